The zero-order valence-electron chi connectivity index (χ0n) is 18.6. The maximum Gasteiger partial charge on any atom is 0.281 e. The quantitative estimate of drug-likeness (QED) is 0.533. The van der Waals surface area contributed by atoms with E-state index in [1.54, 1.807) is 11.4 Å². The molecule has 0 spiro atoms. The number of carbonyl (C=O) groups excluding carboxylic acids is 2. The van der Waals surface area contributed by atoms with Crippen molar-refractivity contribution in [1.29, 1.82) is 5.26 Å². The number of hydrogen-bond donors (Lipinski definition) is 2. The minimum absolute atomic E-state index is 0.155. The third-order valence-corrected chi connectivity index (χ3v) is 6.74. The number of nitrogens with one attached hydrogen (secondary N) is 2. The standard InChI is InChI=1S/C21H24N8O3S/c1-12-16(14(3)29-19(24-12)15(10-22)11-23-29)4-5-17(30)26-27-20(31)18-13(2)25-21(33-18)28-6-8-32-9-7-28/h11H,4-9H2,1-3H3,(H,26,30)(H,27,31). The van der Waals surface area contributed by atoms with Crippen molar-refractivity contribution >= 4 is 33.9 Å². The van der Waals surface area contributed by atoms with Gasteiger partial charge in [0.25, 0.3) is 5.91 Å². The van der Waals surface area contributed by atoms with Gasteiger partial charge in [0, 0.05) is 30.9 Å². The highest BCUT2D eigenvalue weighted by Gasteiger charge is 2.21. The van der Waals surface area contributed by atoms with Crippen molar-refractivity contribution in [2.24, 2.45) is 0 Å². The van der Waals surface area contributed by atoms with Crippen molar-refractivity contribution in [3.63, 3.8) is 0 Å². The predicted molar refractivity (Wildman–Crippen MR) is 121 cm³/mol. The number of thiazole rings is 1. The number of amides is 2. The van der Waals surface area contributed by atoms with Gasteiger partial charge >= 0.3 is 0 Å². The fraction of sp³-hybridized carbons (Fsp3) is 0.429. The van der Waals surface area contributed by atoms with Crippen LogP contribution in [0.25, 0.3) is 5.65 Å². The fourth-order valence-corrected chi connectivity index (χ4v) is 4.73. The highest BCUT2D eigenvalue weighted by Crippen LogP contribution is 2.26. The second-order valence-electron chi connectivity index (χ2n) is 7.68. The molecule has 2 N–H and O–H groups in total. The molecular weight excluding hydrogens is 444 g/mol. The molecule has 0 atom stereocenters. The van der Waals surface area contributed by atoms with E-state index in [0.29, 0.717) is 41.4 Å². The minimum Gasteiger partial charge on any atom is -0.378 e. The van der Waals surface area contributed by atoms with Gasteiger partial charge in [0.15, 0.2) is 10.8 Å². The van der Waals surface area contributed by atoms with Crippen LogP contribution in [0, 0.1) is 32.1 Å². The van der Waals surface area contributed by atoms with E-state index in [1.807, 2.05) is 13.8 Å². The van der Waals surface area contributed by atoms with Gasteiger partial charge in [0.2, 0.25) is 5.91 Å². The molecule has 0 aliphatic carbocycles. The number of aromatic nitrogens is 4. The van der Waals surface area contributed by atoms with Gasteiger partial charge in [-0.2, -0.15) is 10.4 Å². The molecule has 3 aromatic heterocycles. The van der Waals surface area contributed by atoms with E-state index < -0.39 is 5.91 Å². The van der Waals surface area contributed by atoms with Gasteiger partial charge in [0.05, 0.1) is 25.1 Å². The molecule has 33 heavy (non-hydrogen) atoms. The summed E-state index contributed by atoms with van der Waals surface area (Å²) in [6.07, 6.45) is 2.06. The van der Waals surface area contributed by atoms with Gasteiger partial charge in [-0.25, -0.2) is 14.5 Å². The smallest absolute Gasteiger partial charge is 0.281 e. The van der Waals surface area contributed by atoms with Crippen LogP contribution in [0.2, 0.25) is 0 Å². The lowest BCUT2D eigenvalue weighted by Gasteiger charge is -2.25. The Labute approximate surface area is 194 Å². The number of nitriles is 1. The van der Waals surface area contributed by atoms with Crippen molar-refractivity contribution in [2.75, 3.05) is 31.2 Å². The van der Waals surface area contributed by atoms with E-state index in [0.717, 1.165) is 35.2 Å². The van der Waals surface area contributed by atoms with Crippen LogP contribution in [0.15, 0.2) is 6.20 Å². The fourth-order valence-electron chi connectivity index (χ4n) is 3.72. The molecule has 4 heterocycles. The number of hydrazine groups is 1. The molecular formula is C21H24N8O3S. The van der Waals surface area contributed by atoms with E-state index >= 15 is 0 Å². The average Bonchev–Trinajstić information content (AvgIpc) is 3.41. The summed E-state index contributed by atoms with van der Waals surface area (Å²) < 4.78 is 6.96. The number of anilines is 1. The number of rotatable bonds is 5. The zero-order valence-corrected chi connectivity index (χ0v) is 19.5. The Morgan fingerprint density at radius 1 is 1.18 bits per heavy atom. The van der Waals surface area contributed by atoms with E-state index in [1.165, 1.54) is 17.5 Å². The van der Waals surface area contributed by atoms with Gasteiger partial charge < -0.3 is 9.64 Å². The SMILES string of the molecule is Cc1nc(N2CCOCC2)sc1C(=O)NNC(=O)CCc1c(C)nc2c(C#N)cnn2c1C. The number of hydrogen-bond acceptors (Lipinski definition) is 9. The normalized spacial score (nSPS) is 13.7. The lowest BCUT2D eigenvalue weighted by Crippen LogP contribution is -2.41. The van der Waals surface area contributed by atoms with Gasteiger partial charge in [0.1, 0.15) is 16.5 Å². The Hall–Kier alpha value is -3.56. The maximum atomic E-state index is 12.6. The number of fused-ring (bicyclic) bond motifs is 1. The Morgan fingerprint density at radius 3 is 2.67 bits per heavy atom. The molecule has 0 radical (unpaired) electrons. The molecule has 1 fully saturated rings. The molecule has 0 unspecified atom stereocenters. The Bertz CT molecular complexity index is 1250. The summed E-state index contributed by atoms with van der Waals surface area (Å²) in [5, 5.41) is 14.2. The second-order valence-corrected chi connectivity index (χ2v) is 8.66. The van der Waals surface area contributed by atoms with Crippen molar-refractivity contribution in [1.82, 2.24) is 30.4 Å². The third-order valence-electron chi connectivity index (χ3n) is 5.52. The molecule has 0 saturated carbocycles. The van der Waals surface area contributed by atoms with Crippen LogP contribution in [0.4, 0.5) is 5.13 Å². The Kier molecular flexibility index (Phi) is 6.52. The molecule has 0 aromatic carbocycles. The van der Waals surface area contributed by atoms with Crippen LogP contribution in [0.3, 0.4) is 0 Å². The number of ether oxygens (including phenoxy) is 1. The van der Waals surface area contributed by atoms with Crippen LogP contribution < -0.4 is 15.8 Å². The lowest BCUT2D eigenvalue weighted by molar-refractivity contribution is -0.121. The number of nitrogens with zero attached hydrogens (tertiary/aromatic N) is 6. The zero-order chi connectivity index (χ0) is 23.5. The van der Waals surface area contributed by atoms with Gasteiger partial charge in [-0.05, 0) is 32.8 Å². The van der Waals surface area contributed by atoms with E-state index in [9.17, 15) is 14.9 Å². The first-order chi connectivity index (χ1) is 15.9. The first-order valence-corrected chi connectivity index (χ1v) is 11.3. The van der Waals surface area contributed by atoms with Crippen LogP contribution in [0.5, 0.6) is 0 Å². The first-order valence-electron chi connectivity index (χ1n) is 10.5. The molecule has 0 bridgehead atoms. The van der Waals surface area contributed by atoms with Crippen molar-refractivity contribution in [3.05, 3.63) is 39.3 Å². The summed E-state index contributed by atoms with van der Waals surface area (Å²) in [4.78, 5) is 36.5. The van der Waals surface area contributed by atoms with Crippen LogP contribution in [-0.4, -0.2) is 57.7 Å². The highest BCUT2D eigenvalue weighted by atomic mass is 32.1. The molecule has 12 heteroatoms. The summed E-state index contributed by atoms with van der Waals surface area (Å²) in [6, 6.07) is 2.08. The van der Waals surface area contributed by atoms with E-state index in [-0.39, 0.29) is 12.3 Å². The second kappa shape index (κ2) is 9.51. The average molecular weight is 469 g/mol. The predicted octanol–water partition coefficient (Wildman–Crippen LogP) is 1.21. The van der Waals surface area contributed by atoms with Crippen LogP contribution in [0.1, 0.15) is 44.3 Å². The molecule has 172 valence electrons. The van der Waals surface area contributed by atoms with Crippen molar-refractivity contribution < 1.29 is 14.3 Å². The first kappa shape index (κ1) is 22.6. The molecule has 1 aliphatic heterocycles. The molecule has 11 nitrogen and oxygen atoms in total. The van der Waals surface area contributed by atoms with E-state index in [4.69, 9.17) is 4.74 Å². The molecule has 4 rings (SSSR count). The number of carbonyl (C=O) groups is 2. The number of aryl methyl sites for hydroxylation is 3. The monoisotopic (exact) mass is 468 g/mol. The van der Waals surface area contributed by atoms with Crippen LogP contribution in [-0.2, 0) is 16.0 Å². The topological polar surface area (TPSA) is 138 Å². The summed E-state index contributed by atoms with van der Waals surface area (Å²) in [6.45, 7) is 8.24. The molecule has 1 saturated heterocycles. The summed E-state index contributed by atoms with van der Waals surface area (Å²) in [5.74, 6) is -0.718. The van der Waals surface area contributed by atoms with Crippen molar-refractivity contribution in [3.8, 4) is 6.07 Å². The lowest BCUT2D eigenvalue weighted by atomic mass is 10.1. The molecule has 3 aromatic rings. The van der Waals surface area contributed by atoms with Gasteiger partial charge in [-0.1, -0.05) is 11.3 Å². The minimum atomic E-state index is -0.395. The molecule has 1 aliphatic rings. The Balaban J connectivity index is 1.35. The van der Waals surface area contributed by atoms with Gasteiger partial charge in [-0.15, -0.1) is 0 Å². The molecule has 2 amide bonds. The summed E-state index contributed by atoms with van der Waals surface area (Å²) in [7, 11) is 0. The summed E-state index contributed by atoms with van der Waals surface area (Å²) in [5.41, 5.74) is 8.93. The van der Waals surface area contributed by atoms with E-state index in [2.05, 4.69) is 36.9 Å². The summed E-state index contributed by atoms with van der Waals surface area (Å²) >= 11 is 1.30. The van der Waals surface area contributed by atoms with Crippen LogP contribution >= 0.6 is 11.3 Å². The Morgan fingerprint density at radius 2 is 1.94 bits per heavy atom. The van der Waals surface area contributed by atoms with Gasteiger partial charge in [-0.3, -0.25) is 20.4 Å². The largest absolute Gasteiger partial charge is 0.378 e. The highest BCUT2D eigenvalue weighted by molar-refractivity contribution is 7.17. The number of morpholine rings is 1. The van der Waals surface area contributed by atoms with Crippen molar-refractivity contribution in [2.45, 2.75) is 33.6 Å². The third kappa shape index (κ3) is 4.64. The maximum absolute atomic E-state index is 12.6.